The summed E-state index contributed by atoms with van der Waals surface area (Å²) in [6, 6.07) is 3.32. The highest BCUT2D eigenvalue weighted by Gasteiger charge is 2.06. The van der Waals surface area contributed by atoms with E-state index in [1.165, 1.54) is 0 Å². The summed E-state index contributed by atoms with van der Waals surface area (Å²) in [7, 11) is 0. The van der Waals surface area contributed by atoms with Crippen LogP contribution in [0.3, 0.4) is 0 Å². The predicted molar refractivity (Wildman–Crippen MR) is 75.0 cm³/mol. The monoisotopic (exact) mass is 274 g/mol. The Balaban J connectivity index is 2.39. The van der Waals surface area contributed by atoms with E-state index in [9.17, 15) is 0 Å². The van der Waals surface area contributed by atoms with E-state index >= 15 is 0 Å². The van der Waals surface area contributed by atoms with Gasteiger partial charge < -0.3 is 15.8 Å². The Morgan fingerprint density at radius 1 is 1.29 bits per heavy atom. The summed E-state index contributed by atoms with van der Waals surface area (Å²) in [5, 5.41) is 4.14. The first-order chi connectivity index (χ1) is 8.15. The molecule has 0 aliphatic rings. The second kappa shape index (κ2) is 7.43. The molecule has 0 aliphatic carbocycles. The van der Waals surface area contributed by atoms with Crippen LogP contribution in [-0.2, 0) is 4.74 Å². The molecule has 0 radical (unpaired) electrons. The number of rotatable bonds is 7. The Hall–Kier alpha value is -0.900. The van der Waals surface area contributed by atoms with Crippen LogP contribution in [0, 0.1) is 0 Å². The molecular weight excluding hydrogens is 259 g/mol. The Labute approximate surface area is 112 Å². The molecule has 0 heterocycles. The molecule has 0 spiro atoms. The first-order valence-corrected chi connectivity index (χ1v) is 6.07. The number of nitrogens with one attached hydrogen (secondary N) is 1. The molecule has 1 aromatic rings. The second-order valence-electron chi connectivity index (χ2n) is 3.48. The summed E-state index contributed by atoms with van der Waals surface area (Å²) in [6.07, 6.45) is 2.67. The highest BCUT2D eigenvalue weighted by molar-refractivity contribution is 6.39. The Bertz CT molecular complexity index is 360. The zero-order valence-corrected chi connectivity index (χ0v) is 11.0. The van der Waals surface area contributed by atoms with E-state index < -0.39 is 0 Å². The number of ether oxygens (including phenoxy) is 1. The summed E-state index contributed by atoms with van der Waals surface area (Å²) >= 11 is 12.0. The molecule has 1 aromatic carbocycles. The molecule has 5 heteroatoms. The number of halogens is 2. The molecule has 0 aromatic heterocycles. The number of nitrogen functional groups attached to an aromatic ring is 1. The Morgan fingerprint density at radius 2 is 1.94 bits per heavy atom. The fraction of sp³-hybridized carbons (Fsp3) is 0.333. The molecule has 1 rings (SSSR count). The van der Waals surface area contributed by atoms with Gasteiger partial charge in [-0.3, -0.25) is 0 Å². The number of benzene rings is 1. The lowest BCUT2D eigenvalue weighted by atomic mass is 10.3. The largest absolute Gasteiger partial charge is 0.399 e. The predicted octanol–water partition coefficient (Wildman–Crippen LogP) is 3.58. The van der Waals surface area contributed by atoms with Gasteiger partial charge in [-0.1, -0.05) is 29.3 Å². The lowest BCUT2D eigenvalue weighted by molar-refractivity contribution is 0.149. The van der Waals surface area contributed by atoms with Crippen molar-refractivity contribution in [3.63, 3.8) is 0 Å². The van der Waals surface area contributed by atoms with Gasteiger partial charge in [0.15, 0.2) is 0 Å². The Kier molecular flexibility index (Phi) is 6.19. The molecule has 0 unspecified atom stereocenters. The van der Waals surface area contributed by atoms with Gasteiger partial charge in [0.1, 0.15) is 0 Å². The lowest BCUT2D eigenvalue weighted by Crippen LogP contribution is -2.10. The minimum Gasteiger partial charge on any atom is -0.399 e. The minimum atomic E-state index is 0.515. The number of hydrogen-bond acceptors (Lipinski definition) is 3. The zero-order chi connectivity index (χ0) is 12.7. The molecule has 94 valence electrons. The van der Waals surface area contributed by atoms with E-state index in [1.807, 2.05) is 6.08 Å². The van der Waals surface area contributed by atoms with E-state index in [4.69, 9.17) is 33.7 Å². The standard InChI is InChI=1S/C12H16Cl2N2O/c1-2-3-5-17-6-4-16-12-10(13)7-9(15)8-11(12)14/h2,7-8,16H,1,3-6,15H2. The highest BCUT2D eigenvalue weighted by Crippen LogP contribution is 2.32. The van der Waals surface area contributed by atoms with Gasteiger partial charge in [-0.05, 0) is 18.6 Å². The van der Waals surface area contributed by atoms with Crippen LogP contribution in [0.25, 0.3) is 0 Å². The molecule has 0 amide bonds. The van der Waals surface area contributed by atoms with Crippen LogP contribution in [-0.4, -0.2) is 19.8 Å². The maximum absolute atomic E-state index is 6.02. The fourth-order valence-corrected chi connectivity index (χ4v) is 1.92. The van der Waals surface area contributed by atoms with Crippen molar-refractivity contribution < 1.29 is 4.74 Å². The summed E-state index contributed by atoms with van der Waals surface area (Å²) in [5.74, 6) is 0. The van der Waals surface area contributed by atoms with Crippen LogP contribution in [0.15, 0.2) is 24.8 Å². The zero-order valence-electron chi connectivity index (χ0n) is 9.51. The molecule has 0 aliphatic heterocycles. The smallest absolute Gasteiger partial charge is 0.0721 e. The van der Waals surface area contributed by atoms with Gasteiger partial charge in [-0.15, -0.1) is 6.58 Å². The van der Waals surface area contributed by atoms with Gasteiger partial charge in [0.25, 0.3) is 0 Å². The minimum absolute atomic E-state index is 0.515. The van der Waals surface area contributed by atoms with E-state index in [-0.39, 0.29) is 0 Å². The van der Waals surface area contributed by atoms with Crippen molar-refractivity contribution in [3.8, 4) is 0 Å². The van der Waals surface area contributed by atoms with Crippen molar-refractivity contribution in [2.45, 2.75) is 6.42 Å². The number of anilines is 2. The molecule has 0 fully saturated rings. The first-order valence-electron chi connectivity index (χ1n) is 5.32. The highest BCUT2D eigenvalue weighted by atomic mass is 35.5. The second-order valence-corrected chi connectivity index (χ2v) is 4.29. The summed E-state index contributed by atoms with van der Waals surface area (Å²) < 4.78 is 5.35. The van der Waals surface area contributed by atoms with Crippen molar-refractivity contribution in [1.29, 1.82) is 0 Å². The van der Waals surface area contributed by atoms with Crippen LogP contribution in [0.2, 0.25) is 10.0 Å². The van der Waals surface area contributed by atoms with Crippen LogP contribution in [0.4, 0.5) is 11.4 Å². The van der Waals surface area contributed by atoms with Crippen LogP contribution < -0.4 is 11.1 Å². The molecule has 17 heavy (non-hydrogen) atoms. The molecule has 3 nitrogen and oxygen atoms in total. The summed E-state index contributed by atoms with van der Waals surface area (Å²) in [5.41, 5.74) is 6.85. The number of hydrogen-bond donors (Lipinski definition) is 2. The van der Waals surface area contributed by atoms with Gasteiger partial charge in [0.2, 0.25) is 0 Å². The average molecular weight is 275 g/mol. The van der Waals surface area contributed by atoms with Gasteiger partial charge >= 0.3 is 0 Å². The van der Waals surface area contributed by atoms with E-state index in [0.717, 1.165) is 6.42 Å². The van der Waals surface area contributed by atoms with Gasteiger partial charge in [0.05, 0.1) is 28.9 Å². The molecule has 0 atom stereocenters. The van der Waals surface area contributed by atoms with Gasteiger partial charge in [0, 0.05) is 12.2 Å². The fourth-order valence-electron chi connectivity index (χ4n) is 1.28. The average Bonchev–Trinajstić information content (AvgIpc) is 2.26. The van der Waals surface area contributed by atoms with Crippen molar-refractivity contribution in [2.24, 2.45) is 0 Å². The van der Waals surface area contributed by atoms with Crippen LogP contribution >= 0.6 is 23.2 Å². The van der Waals surface area contributed by atoms with Crippen molar-refractivity contribution >= 4 is 34.6 Å². The first kappa shape index (κ1) is 14.2. The maximum Gasteiger partial charge on any atom is 0.0721 e. The lowest BCUT2D eigenvalue weighted by Gasteiger charge is -2.11. The van der Waals surface area contributed by atoms with E-state index in [2.05, 4.69) is 11.9 Å². The van der Waals surface area contributed by atoms with Gasteiger partial charge in [-0.2, -0.15) is 0 Å². The van der Waals surface area contributed by atoms with E-state index in [0.29, 0.717) is 41.2 Å². The summed E-state index contributed by atoms with van der Waals surface area (Å²) in [4.78, 5) is 0. The Morgan fingerprint density at radius 3 is 2.53 bits per heavy atom. The molecule has 0 bridgehead atoms. The molecule has 0 saturated heterocycles. The third kappa shape index (κ3) is 4.86. The van der Waals surface area contributed by atoms with Crippen LogP contribution in [0.5, 0.6) is 0 Å². The topological polar surface area (TPSA) is 47.3 Å². The molecular formula is C12H16Cl2N2O. The summed E-state index contributed by atoms with van der Waals surface area (Å²) in [6.45, 7) is 5.52. The van der Waals surface area contributed by atoms with Crippen molar-refractivity contribution in [1.82, 2.24) is 0 Å². The molecule has 0 saturated carbocycles. The quantitative estimate of drug-likeness (QED) is 0.454. The normalized spacial score (nSPS) is 10.2. The van der Waals surface area contributed by atoms with E-state index in [1.54, 1.807) is 12.1 Å². The maximum atomic E-state index is 6.02. The van der Waals surface area contributed by atoms with Crippen molar-refractivity contribution in [2.75, 3.05) is 30.8 Å². The third-order valence-electron chi connectivity index (χ3n) is 2.08. The van der Waals surface area contributed by atoms with Crippen LogP contribution in [0.1, 0.15) is 6.42 Å². The molecule has 3 N–H and O–H groups in total. The van der Waals surface area contributed by atoms with Gasteiger partial charge in [-0.25, -0.2) is 0 Å². The van der Waals surface area contributed by atoms with Crippen molar-refractivity contribution in [3.05, 3.63) is 34.8 Å². The number of nitrogens with two attached hydrogens (primary N) is 1. The SMILES string of the molecule is C=CCCOCCNc1c(Cl)cc(N)cc1Cl. The third-order valence-corrected chi connectivity index (χ3v) is 2.68.